The van der Waals surface area contributed by atoms with Gasteiger partial charge in [0.05, 0.1) is 24.2 Å². The van der Waals surface area contributed by atoms with Gasteiger partial charge in [0.1, 0.15) is 5.92 Å². The Kier molecular flexibility index (Phi) is 4.11. The van der Waals surface area contributed by atoms with Crippen LogP contribution in [-0.2, 0) is 26.2 Å². The van der Waals surface area contributed by atoms with Gasteiger partial charge in [-0.1, -0.05) is 6.07 Å². The van der Waals surface area contributed by atoms with Crippen LogP contribution >= 0.6 is 0 Å². The van der Waals surface area contributed by atoms with Crippen molar-refractivity contribution < 1.29 is 29.3 Å². The van der Waals surface area contributed by atoms with Gasteiger partial charge < -0.3 is 24.6 Å². The second-order valence-corrected chi connectivity index (χ2v) is 10.8. The minimum absolute atomic E-state index is 0.00240. The van der Waals surface area contributed by atoms with Crippen LogP contribution in [0.1, 0.15) is 36.8 Å². The number of phenolic OH excluding ortho intramolecular Hbond substituents is 1. The lowest BCUT2D eigenvalue weighted by molar-refractivity contribution is -0.200. The van der Waals surface area contributed by atoms with Crippen molar-refractivity contribution >= 4 is 11.7 Å². The molecular weight excluding hydrogens is 424 g/mol. The van der Waals surface area contributed by atoms with Gasteiger partial charge in [0.2, 0.25) is 5.91 Å². The number of nitrogens with zero attached hydrogens (tertiary/aromatic N) is 2. The van der Waals surface area contributed by atoms with Gasteiger partial charge in [-0.3, -0.25) is 14.5 Å². The third kappa shape index (κ3) is 2.52. The Hall–Kier alpha value is -2.16. The van der Waals surface area contributed by atoms with Gasteiger partial charge in [-0.05, 0) is 56.2 Å². The molecule has 4 fully saturated rings. The predicted molar refractivity (Wildman–Crippen MR) is 116 cm³/mol. The van der Waals surface area contributed by atoms with Crippen LogP contribution in [0, 0.1) is 11.8 Å². The summed E-state index contributed by atoms with van der Waals surface area (Å²) in [4.78, 5) is 31.5. The zero-order valence-electron chi connectivity index (χ0n) is 18.7. The summed E-state index contributed by atoms with van der Waals surface area (Å²) in [5.41, 5.74) is -0.315. The topological polar surface area (TPSA) is 99.5 Å². The monoisotopic (exact) mass is 454 g/mol. The molecule has 3 aliphatic heterocycles. The Balaban J connectivity index is 1.35. The van der Waals surface area contributed by atoms with Crippen molar-refractivity contribution in [2.75, 3.05) is 39.4 Å². The molecule has 8 heteroatoms. The third-order valence-electron chi connectivity index (χ3n) is 9.25. The van der Waals surface area contributed by atoms with E-state index in [1.165, 1.54) is 12.8 Å². The van der Waals surface area contributed by atoms with Crippen molar-refractivity contribution in [2.45, 2.75) is 55.3 Å². The summed E-state index contributed by atoms with van der Waals surface area (Å²) in [6, 6.07) is 3.38. The minimum atomic E-state index is -1.27. The number of carbonyl (C=O) groups excluding carboxylic acids is 2. The summed E-state index contributed by atoms with van der Waals surface area (Å²) in [5, 5.41) is 23.2. The maximum Gasteiger partial charge on any atom is 0.233 e. The van der Waals surface area contributed by atoms with Crippen LogP contribution in [-0.4, -0.2) is 88.8 Å². The Bertz CT molecular complexity index is 1050. The Morgan fingerprint density at radius 1 is 1.18 bits per heavy atom. The lowest BCUT2D eigenvalue weighted by Crippen LogP contribution is -2.78. The van der Waals surface area contributed by atoms with Gasteiger partial charge in [0.15, 0.2) is 23.4 Å². The number of morpholine rings is 1. The summed E-state index contributed by atoms with van der Waals surface area (Å²) < 4.78 is 11.6. The number of phenols is 1. The zero-order valence-corrected chi connectivity index (χ0v) is 18.7. The maximum absolute atomic E-state index is 13.8. The average molecular weight is 455 g/mol. The number of ether oxygens (including phenoxy) is 2. The van der Waals surface area contributed by atoms with E-state index in [0.29, 0.717) is 50.8 Å². The smallest absolute Gasteiger partial charge is 0.233 e. The highest BCUT2D eigenvalue weighted by Crippen LogP contribution is 2.65. The number of hydrogen-bond acceptors (Lipinski definition) is 7. The lowest BCUT2D eigenvalue weighted by atomic mass is 9.47. The first-order valence-corrected chi connectivity index (χ1v) is 12.3. The summed E-state index contributed by atoms with van der Waals surface area (Å²) in [6.07, 6.45) is 2.84. The molecular formula is C25H30N2O6. The van der Waals surface area contributed by atoms with Crippen LogP contribution in [0.25, 0.3) is 0 Å². The molecule has 6 aliphatic rings. The molecule has 3 aliphatic carbocycles. The number of hydrogen-bond donors (Lipinski definition) is 2. The van der Waals surface area contributed by atoms with Gasteiger partial charge in [0, 0.05) is 31.2 Å². The quantitative estimate of drug-likeness (QED) is 0.646. The SMILES string of the molecule is O=C1C(C(=O)N2CCOCC2)C[C@@]2(O)[C@H]3Cc4ccc(O)c5c4[C@@]2(CCN3CC2CC2)[C@H]1O5. The fourth-order valence-electron chi connectivity index (χ4n) is 7.52. The molecule has 1 aromatic carbocycles. The number of piperidine rings is 1. The van der Waals surface area contributed by atoms with E-state index >= 15 is 0 Å². The van der Waals surface area contributed by atoms with E-state index in [1.807, 2.05) is 6.07 Å². The van der Waals surface area contributed by atoms with Crippen LogP contribution in [0.4, 0.5) is 0 Å². The van der Waals surface area contributed by atoms with Gasteiger partial charge in [-0.15, -0.1) is 0 Å². The van der Waals surface area contributed by atoms with E-state index in [-0.39, 0.29) is 29.9 Å². The number of Topliss-reactive ketones (excluding diaryl/α,β-unsaturated/α-hetero) is 1. The van der Waals surface area contributed by atoms with Gasteiger partial charge in [0.25, 0.3) is 0 Å². The molecule has 7 rings (SSSR count). The number of likely N-dealkylation sites (tertiary alicyclic amines) is 1. The molecule has 0 radical (unpaired) electrons. The highest BCUT2D eigenvalue weighted by atomic mass is 16.5. The van der Waals surface area contributed by atoms with Crippen molar-refractivity contribution in [3.63, 3.8) is 0 Å². The molecule has 176 valence electrons. The molecule has 1 spiro atoms. The Morgan fingerprint density at radius 3 is 2.73 bits per heavy atom. The summed E-state index contributed by atoms with van der Waals surface area (Å²) in [6.45, 7) is 3.57. The predicted octanol–water partition coefficient (Wildman–Crippen LogP) is 0.610. The number of carbonyl (C=O) groups is 2. The highest BCUT2D eigenvalue weighted by molar-refractivity contribution is 6.06. The largest absolute Gasteiger partial charge is 0.504 e. The minimum Gasteiger partial charge on any atom is -0.504 e. The molecule has 8 nitrogen and oxygen atoms in total. The van der Waals surface area contributed by atoms with Crippen LogP contribution in [0.3, 0.4) is 0 Å². The van der Waals surface area contributed by atoms with E-state index in [9.17, 15) is 19.8 Å². The first-order chi connectivity index (χ1) is 15.9. The highest BCUT2D eigenvalue weighted by Gasteiger charge is 2.75. The molecule has 2 saturated heterocycles. The van der Waals surface area contributed by atoms with Crippen LogP contribution in [0.5, 0.6) is 11.5 Å². The van der Waals surface area contributed by atoms with Crippen molar-refractivity contribution in [3.05, 3.63) is 23.3 Å². The summed E-state index contributed by atoms with van der Waals surface area (Å²) in [7, 11) is 0. The first kappa shape index (κ1) is 20.2. The van der Waals surface area contributed by atoms with Crippen LogP contribution in [0.2, 0.25) is 0 Å². The molecule has 1 aromatic rings. The normalized spacial score (nSPS) is 39.2. The number of ketones is 1. The zero-order chi connectivity index (χ0) is 22.5. The second kappa shape index (κ2) is 6.71. The van der Waals surface area contributed by atoms with Gasteiger partial charge in [-0.2, -0.15) is 0 Å². The second-order valence-electron chi connectivity index (χ2n) is 10.8. The average Bonchev–Trinajstić information content (AvgIpc) is 3.56. The Morgan fingerprint density at radius 2 is 1.97 bits per heavy atom. The molecule has 2 saturated carbocycles. The molecule has 33 heavy (non-hydrogen) atoms. The number of benzene rings is 1. The van der Waals surface area contributed by atoms with Crippen LogP contribution < -0.4 is 4.74 Å². The van der Waals surface area contributed by atoms with E-state index in [1.54, 1.807) is 11.0 Å². The van der Waals surface area contributed by atoms with Crippen LogP contribution in [0.15, 0.2) is 12.1 Å². The molecule has 2 N–H and O–H groups in total. The van der Waals surface area contributed by atoms with Crippen molar-refractivity contribution in [3.8, 4) is 11.5 Å². The van der Waals surface area contributed by atoms with E-state index < -0.39 is 23.0 Å². The van der Waals surface area contributed by atoms with Crippen molar-refractivity contribution in [1.29, 1.82) is 0 Å². The molecule has 1 unspecified atom stereocenters. The lowest BCUT2D eigenvalue weighted by Gasteiger charge is -2.63. The fourth-order valence-corrected chi connectivity index (χ4v) is 7.52. The number of aromatic hydroxyl groups is 1. The van der Waals surface area contributed by atoms with E-state index in [0.717, 1.165) is 24.2 Å². The van der Waals surface area contributed by atoms with Crippen molar-refractivity contribution in [2.24, 2.45) is 11.8 Å². The fraction of sp³-hybridized carbons (Fsp3) is 0.680. The van der Waals surface area contributed by atoms with Crippen molar-refractivity contribution in [1.82, 2.24) is 9.80 Å². The first-order valence-electron chi connectivity index (χ1n) is 12.3. The third-order valence-corrected chi connectivity index (χ3v) is 9.25. The Labute approximate surface area is 192 Å². The molecule has 5 atom stereocenters. The molecule has 3 heterocycles. The van der Waals surface area contributed by atoms with Gasteiger partial charge >= 0.3 is 0 Å². The number of rotatable bonds is 3. The van der Waals surface area contributed by atoms with Gasteiger partial charge in [-0.25, -0.2) is 0 Å². The summed E-state index contributed by atoms with van der Waals surface area (Å²) >= 11 is 0. The van der Waals surface area contributed by atoms with E-state index in [2.05, 4.69) is 4.90 Å². The molecule has 1 amide bonds. The number of amides is 1. The molecule has 0 aromatic heterocycles. The van der Waals surface area contributed by atoms with E-state index in [4.69, 9.17) is 9.47 Å². The number of aliphatic hydroxyl groups is 1. The summed E-state index contributed by atoms with van der Waals surface area (Å²) in [5.74, 6) is -0.416. The maximum atomic E-state index is 13.8. The molecule has 2 bridgehead atoms. The standard InChI is InChI=1S/C25H30N2O6/c28-17-4-3-15-11-18-25(31)12-16(23(30)26-7-9-32-10-8-26)20(29)22-24(25,19(15)21(17)33-22)5-6-27(18)13-14-1-2-14/h3-4,14,16,18,22,28,31H,1-2,5-13H2/t16?,18-,22+,24+,25-/m1/s1.